The average molecular weight is 236 g/mol. The fourth-order valence-electron chi connectivity index (χ4n) is 1.35. The van der Waals surface area contributed by atoms with Gasteiger partial charge in [0.05, 0.1) is 12.7 Å². The zero-order valence-electron chi connectivity index (χ0n) is 9.95. The third-order valence-corrected chi connectivity index (χ3v) is 2.30. The van der Waals surface area contributed by atoms with Crippen molar-refractivity contribution in [1.29, 1.82) is 0 Å². The van der Waals surface area contributed by atoms with Crippen molar-refractivity contribution in [2.75, 3.05) is 19.0 Å². The Labute approximate surface area is 99.9 Å². The molecule has 0 aliphatic carbocycles. The molecule has 0 fully saturated rings. The molecule has 0 aliphatic rings. The van der Waals surface area contributed by atoms with E-state index in [-0.39, 0.29) is 12.3 Å². The normalized spacial score (nSPS) is 9.82. The van der Waals surface area contributed by atoms with Crippen LogP contribution in [-0.2, 0) is 9.53 Å². The van der Waals surface area contributed by atoms with Crippen molar-refractivity contribution in [3.8, 4) is 0 Å². The van der Waals surface area contributed by atoms with Crippen molar-refractivity contribution in [3.63, 3.8) is 0 Å². The molecule has 0 spiro atoms. The number of rotatable bonds is 4. The average Bonchev–Trinajstić information content (AvgIpc) is 2.31. The molecular weight excluding hydrogens is 220 g/mol. The standard InChI is InChI=1S/C12H16N2O3/c1-8-3-4-9(12(16)17-2)7-10(8)14-11(15)5-6-13/h3-4,7H,5-6,13H2,1-2H3,(H,14,15). The Hall–Kier alpha value is -1.88. The molecule has 5 heteroatoms. The van der Waals surface area contributed by atoms with Crippen molar-refractivity contribution in [1.82, 2.24) is 0 Å². The van der Waals surface area contributed by atoms with Gasteiger partial charge in [-0.25, -0.2) is 4.79 Å². The lowest BCUT2D eigenvalue weighted by Gasteiger charge is -2.09. The molecular formula is C12H16N2O3. The fourth-order valence-corrected chi connectivity index (χ4v) is 1.35. The third kappa shape index (κ3) is 3.57. The number of amides is 1. The summed E-state index contributed by atoms with van der Waals surface area (Å²) in [6.45, 7) is 2.14. The van der Waals surface area contributed by atoms with Crippen LogP contribution in [0.2, 0.25) is 0 Å². The van der Waals surface area contributed by atoms with Crippen LogP contribution in [-0.4, -0.2) is 25.5 Å². The SMILES string of the molecule is COC(=O)c1ccc(C)c(NC(=O)CCN)c1. The summed E-state index contributed by atoms with van der Waals surface area (Å²) in [6, 6.07) is 5.00. The van der Waals surface area contributed by atoms with E-state index in [1.165, 1.54) is 7.11 Å². The van der Waals surface area contributed by atoms with Crippen molar-refractivity contribution in [2.45, 2.75) is 13.3 Å². The molecule has 1 aromatic rings. The second-order valence-electron chi connectivity index (χ2n) is 3.61. The predicted molar refractivity (Wildman–Crippen MR) is 64.8 cm³/mol. The van der Waals surface area contributed by atoms with E-state index in [0.717, 1.165) is 5.56 Å². The number of nitrogens with two attached hydrogens (primary N) is 1. The van der Waals surface area contributed by atoms with Gasteiger partial charge in [0.25, 0.3) is 0 Å². The number of anilines is 1. The summed E-state index contributed by atoms with van der Waals surface area (Å²) in [7, 11) is 1.31. The molecule has 1 rings (SSSR count). The highest BCUT2D eigenvalue weighted by Crippen LogP contribution is 2.17. The van der Waals surface area contributed by atoms with Crippen molar-refractivity contribution >= 4 is 17.6 Å². The summed E-state index contributed by atoms with van der Waals surface area (Å²) in [5.41, 5.74) is 7.17. The van der Waals surface area contributed by atoms with Gasteiger partial charge in [-0.15, -0.1) is 0 Å². The first-order valence-corrected chi connectivity index (χ1v) is 5.27. The van der Waals surface area contributed by atoms with E-state index < -0.39 is 5.97 Å². The van der Waals surface area contributed by atoms with Gasteiger partial charge in [0.2, 0.25) is 5.91 Å². The number of nitrogens with one attached hydrogen (secondary N) is 1. The molecule has 0 aliphatic heterocycles. The molecule has 0 unspecified atom stereocenters. The van der Waals surface area contributed by atoms with Gasteiger partial charge in [0, 0.05) is 18.7 Å². The highest BCUT2D eigenvalue weighted by molar-refractivity contribution is 5.95. The van der Waals surface area contributed by atoms with E-state index in [0.29, 0.717) is 17.8 Å². The van der Waals surface area contributed by atoms with E-state index in [9.17, 15) is 9.59 Å². The quantitative estimate of drug-likeness (QED) is 0.766. The highest BCUT2D eigenvalue weighted by atomic mass is 16.5. The molecule has 0 aromatic heterocycles. The van der Waals surface area contributed by atoms with E-state index in [4.69, 9.17) is 5.73 Å². The smallest absolute Gasteiger partial charge is 0.337 e. The molecule has 1 amide bonds. The lowest BCUT2D eigenvalue weighted by molar-refractivity contribution is -0.116. The largest absolute Gasteiger partial charge is 0.465 e. The maximum Gasteiger partial charge on any atom is 0.337 e. The van der Waals surface area contributed by atoms with Gasteiger partial charge >= 0.3 is 5.97 Å². The number of hydrogen-bond donors (Lipinski definition) is 2. The van der Waals surface area contributed by atoms with Crippen molar-refractivity contribution < 1.29 is 14.3 Å². The van der Waals surface area contributed by atoms with Gasteiger partial charge in [-0.05, 0) is 24.6 Å². The van der Waals surface area contributed by atoms with Crippen LogP contribution < -0.4 is 11.1 Å². The lowest BCUT2D eigenvalue weighted by Crippen LogP contribution is -2.17. The number of hydrogen-bond acceptors (Lipinski definition) is 4. The summed E-state index contributed by atoms with van der Waals surface area (Å²) in [4.78, 5) is 22.7. The maximum absolute atomic E-state index is 11.4. The number of carbonyl (C=O) groups is 2. The van der Waals surface area contributed by atoms with Crippen LogP contribution in [0.1, 0.15) is 22.3 Å². The van der Waals surface area contributed by atoms with Crippen molar-refractivity contribution in [2.24, 2.45) is 5.73 Å². The van der Waals surface area contributed by atoms with Crippen LogP contribution in [0.5, 0.6) is 0 Å². The topological polar surface area (TPSA) is 81.4 Å². The summed E-state index contributed by atoms with van der Waals surface area (Å²) < 4.78 is 4.61. The third-order valence-electron chi connectivity index (χ3n) is 2.30. The number of carbonyl (C=O) groups excluding carboxylic acids is 2. The van der Waals surface area contributed by atoms with Crippen LogP contribution in [0.25, 0.3) is 0 Å². The van der Waals surface area contributed by atoms with Gasteiger partial charge in [-0.1, -0.05) is 6.07 Å². The number of esters is 1. The molecule has 1 aromatic carbocycles. The van der Waals surface area contributed by atoms with Crippen LogP contribution >= 0.6 is 0 Å². The van der Waals surface area contributed by atoms with Crippen molar-refractivity contribution in [3.05, 3.63) is 29.3 Å². The van der Waals surface area contributed by atoms with E-state index in [1.54, 1.807) is 18.2 Å². The summed E-state index contributed by atoms with van der Waals surface area (Å²) in [6.07, 6.45) is 0.252. The Kier molecular flexibility index (Phi) is 4.66. The Bertz CT molecular complexity index is 430. The first-order chi connectivity index (χ1) is 8.08. The summed E-state index contributed by atoms with van der Waals surface area (Å²) in [5.74, 6) is -0.600. The first kappa shape index (κ1) is 13.2. The molecule has 0 saturated heterocycles. The number of aryl methyl sites for hydroxylation is 1. The molecule has 5 nitrogen and oxygen atoms in total. The molecule has 0 saturated carbocycles. The minimum absolute atomic E-state index is 0.169. The van der Waals surface area contributed by atoms with Crippen LogP contribution in [0.15, 0.2) is 18.2 Å². The Balaban J connectivity index is 2.90. The van der Waals surface area contributed by atoms with Gasteiger partial charge < -0.3 is 15.8 Å². The van der Waals surface area contributed by atoms with E-state index in [1.807, 2.05) is 6.92 Å². The maximum atomic E-state index is 11.4. The molecule has 0 radical (unpaired) electrons. The summed E-state index contributed by atoms with van der Waals surface area (Å²) >= 11 is 0. The van der Waals surface area contributed by atoms with Gasteiger partial charge in [0.15, 0.2) is 0 Å². The molecule has 0 bridgehead atoms. The number of ether oxygens (including phenoxy) is 1. The molecule has 92 valence electrons. The highest BCUT2D eigenvalue weighted by Gasteiger charge is 2.09. The monoisotopic (exact) mass is 236 g/mol. The zero-order valence-corrected chi connectivity index (χ0v) is 9.95. The van der Waals surface area contributed by atoms with Crippen LogP contribution in [0.4, 0.5) is 5.69 Å². The molecule has 0 heterocycles. The Morgan fingerprint density at radius 1 is 1.41 bits per heavy atom. The minimum atomic E-state index is -0.431. The summed E-state index contributed by atoms with van der Waals surface area (Å²) in [5, 5.41) is 2.70. The van der Waals surface area contributed by atoms with Gasteiger partial charge in [-0.3, -0.25) is 4.79 Å². The first-order valence-electron chi connectivity index (χ1n) is 5.27. The van der Waals surface area contributed by atoms with Gasteiger partial charge in [0.1, 0.15) is 0 Å². The second kappa shape index (κ2) is 6.00. The van der Waals surface area contributed by atoms with E-state index >= 15 is 0 Å². The fraction of sp³-hybridized carbons (Fsp3) is 0.333. The predicted octanol–water partition coefficient (Wildman–Crippen LogP) is 1.07. The Morgan fingerprint density at radius 2 is 2.12 bits per heavy atom. The number of benzene rings is 1. The number of methoxy groups -OCH3 is 1. The molecule has 17 heavy (non-hydrogen) atoms. The van der Waals surface area contributed by atoms with Gasteiger partial charge in [-0.2, -0.15) is 0 Å². The van der Waals surface area contributed by atoms with E-state index in [2.05, 4.69) is 10.1 Å². The Morgan fingerprint density at radius 3 is 2.71 bits per heavy atom. The molecule has 3 N–H and O–H groups in total. The zero-order chi connectivity index (χ0) is 12.8. The molecule has 0 atom stereocenters. The second-order valence-corrected chi connectivity index (χ2v) is 3.61. The minimum Gasteiger partial charge on any atom is -0.465 e. The van der Waals surface area contributed by atoms with Crippen LogP contribution in [0, 0.1) is 6.92 Å². The lowest BCUT2D eigenvalue weighted by atomic mass is 10.1. The van der Waals surface area contributed by atoms with Crippen LogP contribution in [0.3, 0.4) is 0 Å².